The van der Waals surface area contributed by atoms with Gasteiger partial charge in [0.2, 0.25) is 0 Å². The van der Waals surface area contributed by atoms with Crippen molar-refractivity contribution in [3.05, 3.63) is 0 Å². The molecule has 0 bridgehead atoms. The van der Waals surface area contributed by atoms with E-state index in [2.05, 4.69) is 0 Å². The molecule has 0 amide bonds. The number of aliphatic hydroxyl groups excluding tert-OH is 1. The van der Waals surface area contributed by atoms with Gasteiger partial charge in [0.05, 0.1) is 0 Å². The Morgan fingerprint density at radius 3 is 1.78 bits per heavy atom. The summed E-state index contributed by atoms with van der Waals surface area (Å²) in [5.41, 5.74) is -1.82. The van der Waals surface area contributed by atoms with Gasteiger partial charge in [-0.1, -0.05) is 0 Å². The second-order valence-electron chi connectivity index (χ2n) is 0.787. The van der Waals surface area contributed by atoms with Crippen LogP contribution in [0.2, 0.25) is 0 Å². The summed E-state index contributed by atoms with van der Waals surface area (Å²) in [6.07, 6.45) is 0. The first kappa shape index (κ1) is 16.8. The maximum atomic E-state index is 9.46. The fraction of sp³-hybridized carbons (Fsp3) is 0.500. The van der Waals surface area contributed by atoms with Crippen LogP contribution in [0.3, 0.4) is 0 Å². The number of rotatable bonds is 2. The Hall–Kier alpha value is 1.45. The zero-order valence-corrected chi connectivity index (χ0v) is 4.01. The predicted octanol–water partition coefficient (Wildman–Crippen LogP) is -2.48. The van der Waals surface area contributed by atoms with Crippen molar-refractivity contribution in [2.75, 3.05) is 0 Å². The molecule has 44 valence electrons. The normalized spacial score (nSPS) is 9.89. The number of aliphatic carboxylic acids is 1. The molecular formula is C2H5Na2O4S+. The Bertz CT molecular complexity index is 96.6. The Balaban J connectivity index is -0.000000180. The van der Waals surface area contributed by atoms with Crippen LogP contribution in [0.25, 0.3) is 0 Å². The SMILES string of the molecule is O=[S+]C(O)C(=O)O.[NaH].[NaH]. The molecule has 0 saturated heterocycles. The van der Waals surface area contributed by atoms with Gasteiger partial charge in [-0.05, 0) is 0 Å². The summed E-state index contributed by atoms with van der Waals surface area (Å²) in [5, 5.41) is 15.7. The molecular weight excluding hydrogens is 166 g/mol. The van der Waals surface area contributed by atoms with E-state index in [0.29, 0.717) is 0 Å². The molecule has 0 radical (unpaired) electrons. The molecule has 1 unspecified atom stereocenters. The van der Waals surface area contributed by atoms with Crippen LogP contribution in [0.4, 0.5) is 0 Å². The minimum atomic E-state index is -1.82. The van der Waals surface area contributed by atoms with E-state index in [-0.39, 0.29) is 70.8 Å². The average Bonchev–Trinajstić information content (AvgIpc) is 1.65. The summed E-state index contributed by atoms with van der Waals surface area (Å²) in [6, 6.07) is 0. The Kier molecular flexibility index (Phi) is 17.7. The third-order valence-electron chi connectivity index (χ3n) is 0.302. The number of hydrogen-bond donors (Lipinski definition) is 2. The van der Waals surface area contributed by atoms with Crippen molar-refractivity contribution in [2.24, 2.45) is 0 Å². The number of carboxylic acid groups (broad SMARTS) is 1. The third-order valence-corrected chi connectivity index (χ3v) is 0.686. The topological polar surface area (TPSA) is 74.6 Å². The molecule has 7 heteroatoms. The first-order chi connectivity index (χ1) is 3.18. The van der Waals surface area contributed by atoms with Crippen LogP contribution in [0.5, 0.6) is 0 Å². The van der Waals surface area contributed by atoms with Gasteiger partial charge < -0.3 is 10.2 Å². The van der Waals surface area contributed by atoms with Gasteiger partial charge in [0.25, 0.3) is 0 Å². The van der Waals surface area contributed by atoms with E-state index in [0.717, 1.165) is 0 Å². The Morgan fingerprint density at radius 1 is 1.44 bits per heavy atom. The molecule has 0 heterocycles. The van der Waals surface area contributed by atoms with Crippen molar-refractivity contribution in [1.82, 2.24) is 0 Å². The second kappa shape index (κ2) is 9.45. The predicted molar refractivity (Wildman–Crippen MR) is 36.0 cm³/mol. The monoisotopic (exact) mass is 171 g/mol. The molecule has 0 aliphatic rings. The van der Waals surface area contributed by atoms with E-state index in [1.807, 2.05) is 0 Å². The zero-order chi connectivity index (χ0) is 5.86. The van der Waals surface area contributed by atoms with Gasteiger partial charge in [0.15, 0.2) is 0 Å². The molecule has 0 saturated carbocycles. The average molecular weight is 171 g/mol. The van der Waals surface area contributed by atoms with Crippen LogP contribution in [0.1, 0.15) is 0 Å². The quantitative estimate of drug-likeness (QED) is 0.274. The van der Waals surface area contributed by atoms with Crippen LogP contribution < -0.4 is 0 Å². The van der Waals surface area contributed by atoms with Crippen molar-refractivity contribution in [2.45, 2.75) is 5.44 Å². The van der Waals surface area contributed by atoms with E-state index < -0.39 is 11.4 Å². The zero-order valence-electron chi connectivity index (χ0n) is 3.20. The molecule has 1 atom stereocenters. The van der Waals surface area contributed by atoms with E-state index in [1.165, 1.54) is 0 Å². The van der Waals surface area contributed by atoms with Gasteiger partial charge >= 0.3 is 82.2 Å². The Labute approximate surface area is 100 Å². The van der Waals surface area contributed by atoms with E-state index in [9.17, 15) is 9.00 Å². The third kappa shape index (κ3) is 9.45. The second-order valence-corrected chi connectivity index (χ2v) is 1.43. The van der Waals surface area contributed by atoms with Crippen molar-refractivity contribution in [1.29, 1.82) is 0 Å². The van der Waals surface area contributed by atoms with Crippen molar-refractivity contribution < 1.29 is 19.2 Å². The molecule has 0 aromatic carbocycles. The number of carboxylic acids is 1. The summed E-state index contributed by atoms with van der Waals surface area (Å²) in [5.74, 6) is -1.50. The first-order valence-electron chi connectivity index (χ1n) is 1.38. The first-order valence-corrected chi connectivity index (χ1v) is 2.18. The summed E-state index contributed by atoms with van der Waals surface area (Å²) >= 11 is -0.361. The molecule has 0 aliphatic carbocycles. The maximum absolute atomic E-state index is 9.46. The molecule has 4 nitrogen and oxygen atoms in total. The molecule has 0 aromatic rings. The summed E-state index contributed by atoms with van der Waals surface area (Å²) < 4.78 is 9.36. The summed E-state index contributed by atoms with van der Waals surface area (Å²) in [7, 11) is 0. The molecule has 0 aliphatic heterocycles. The van der Waals surface area contributed by atoms with Gasteiger partial charge in [0.1, 0.15) is 0 Å². The van der Waals surface area contributed by atoms with Crippen molar-refractivity contribution in [3.63, 3.8) is 0 Å². The van der Waals surface area contributed by atoms with Gasteiger partial charge in [-0.2, -0.15) is 0 Å². The molecule has 0 fully saturated rings. The number of aliphatic hydroxyl groups is 1. The summed E-state index contributed by atoms with van der Waals surface area (Å²) in [6.45, 7) is 0. The fourth-order valence-corrected chi connectivity index (χ4v) is 0.123. The van der Waals surface area contributed by atoms with E-state index >= 15 is 0 Å². The van der Waals surface area contributed by atoms with Crippen LogP contribution in [-0.2, 0) is 20.7 Å². The Morgan fingerprint density at radius 2 is 1.78 bits per heavy atom. The van der Waals surface area contributed by atoms with Crippen LogP contribution in [-0.4, -0.2) is 80.7 Å². The van der Waals surface area contributed by atoms with Crippen molar-refractivity contribution >= 4 is 76.8 Å². The molecule has 0 spiro atoms. The van der Waals surface area contributed by atoms with Crippen molar-refractivity contribution in [3.8, 4) is 0 Å². The molecule has 0 rings (SSSR count). The van der Waals surface area contributed by atoms with Crippen LogP contribution in [0.15, 0.2) is 0 Å². The van der Waals surface area contributed by atoms with Gasteiger partial charge in [-0.25, -0.2) is 4.79 Å². The van der Waals surface area contributed by atoms with Gasteiger partial charge in [-0.3, -0.25) is 0 Å². The van der Waals surface area contributed by atoms with Gasteiger partial charge in [-0.15, -0.1) is 0 Å². The molecule has 9 heavy (non-hydrogen) atoms. The van der Waals surface area contributed by atoms with Crippen LogP contribution in [0, 0.1) is 0 Å². The molecule has 2 N–H and O–H groups in total. The number of carbonyl (C=O) groups is 1. The molecule has 0 aromatic heterocycles. The summed E-state index contributed by atoms with van der Waals surface area (Å²) in [4.78, 5) is 9.46. The van der Waals surface area contributed by atoms with Crippen LogP contribution >= 0.6 is 0 Å². The van der Waals surface area contributed by atoms with Gasteiger partial charge in [0, 0.05) is 4.21 Å². The number of hydrogen-bond acceptors (Lipinski definition) is 3. The minimum absolute atomic E-state index is 0. The van der Waals surface area contributed by atoms with E-state index in [1.54, 1.807) is 0 Å². The standard InChI is InChI=1S/C2H2O4S.2Na.2H/c3-1(4)2(5)7-6;;;;/h2,5H;;;;/p+1. The van der Waals surface area contributed by atoms with E-state index in [4.69, 9.17) is 10.2 Å². The fourth-order valence-electron chi connectivity index (χ4n) is 0.0412.